The van der Waals surface area contributed by atoms with E-state index in [0.29, 0.717) is 28.2 Å². The first-order chi connectivity index (χ1) is 11.6. The molecule has 2 unspecified atom stereocenters. The number of hydrogen-bond donors (Lipinski definition) is 2. The molecule has 1 aliphatic heterocycles. The molecule has 0 amide bonds. The van der Waals surface area contributed by atoms with Crippen LogP contribution >= 0.6 is 0 Å². The molecule has 2 atom stereocenters. The third-order valence-electron chi connectivity index (χ3n) is 4.33. The quantitative estimate of drug-likeness (QED) is 0.680. The van der Waals surface area contributed by atoms with E-state index in [-0.39, 0.29) is 0 Å². The highest BCUT2D eigenvalue weighted by molar-refractivity contribution is 5.94. The molecule has 0 spiro atoms. The van der Waals surface area contributed by atoms with E-state index in [0.717, 1.165) is 5.56 Å². The molecule has 4 rings (SSSR count). The Bertz CT molecular complexity index is 952. The SMILES string of the molecule is COC(=O)c1cn2ncnc(C3c4cccnc4NC3O)c2c1C. The Morgan fingerprint density at radius 2 is 2.25 bits per heavy atom. The molecule has 3 aromatic heterocycles. The Labute approximate surface area is 137 Å². The van der Waals surface area contributed by atoms with Crippen LogP contribution in [0.25, 0.3) is 5.52 Å². The number of hydrogen-bond acceptors (Lipinski definition) is 7. The van der Waals surface area contributed by atoms with Gasteiger partial charge in [-0.3, -0.25) is 0 Å². The zero-order valence-corrected chi connectivity index (χ0v) is 13.1. The second-order valence-corrected chi connectivity index (χ2v) is 5.61. The van der Waals surface area contributed by atoms with Crippen molar-refractivity contribution >= 4 is 17.3 Å². The standard InChI is InChI=1S/C16H15N5O3/c1-8-10(16(23)24-2)6-21-13(8)12(18-7-19-21)11-9-4-3-5-17-14(9)20-15(11)22/h3-7,11,15,22H,1-2H3,(H,17,20). The van der Waals surface area contributed by atoms with Crippen molar-refractivity contribution in [3.63, 3.8) is 0 Å². The molecule has 122 valence electrons. The summed E-state index contributed by atoms with van der Waals surface area (Å²) in [5.74, 6) is -0.210. The van der Waals surface area contributed by atoms with Crippen LogP contribution in [0.2, 0.25) is 0 Å². The maximum Gasteiger partial charge on any atom is 0.339 e. The monoisotopic (exact) mass is 325 g/mol. The van der Waals surface area contributed by atoms with E-state index in [1.165, 1.54) is 13.4 Å². The van der Waals surface area contributed by atoms with Gasteiger partial charge in [0.1, 0.15) is 18.4 Å². The Hall–Kier alpha value is -3.00. The van der Waals surface area contributed by atoms with Gasteiger partial charge in [0.15, 0.2) is 0 Å². The predicted molar refractivity (Wildman–Crippen MR) is 84.8 cm³/mol. The van der Waals surface area contributed by atoms with Crippen LogP contribution in [-0.2, 0) is 4.74 Å². The van der Waals surface area contributed by atoms with E-state index in [1.807, 2.05) is 19.1 Å². The highest BCUT2D eigenvalue weighted by Gasteiger charge is 2.36. The van der Waals surface area contributed by atoms with Crippen LogP contribution < -0.4 is 5.32 Å². The molecule has 0 radical (unpaired) electrons. The molecule has 8 heteroatoms. The largest absolute Gasteiger partial charge is 0.465 e. The van der Waals surface area contributed by atoms with Gasteiger partial charge in [0, 0.05) is 18.0 Å². The lowest BCUT2D eigenvalue weighted by atomic mass is 9.95. The Balaban J connectivity index is 1.95. The van der Waals surface area contributed by atoms with Crippen LogP contribution in [0.15, 0.2) is 30.9 Å². The molecule has 4 heterocycles. The van der Waals surface area contributed by atoms with Crippen LogP contribution in [0.4, 0.5) is 5.82 Å². The highest BCUT2D eigenvalue weighted by Crippen LogP contribution is 2.39. The summed E-state index contributed by atoms with van der Waals surface area (Å²) in [4.78, 5) is 20.6. The fourth-order valence-corrected chi connectivity index (χ4v) is 3.21. The molecule has 0 aromatic carbocycles. The molecule has 3 aromatic rings. The summed E-state index contributed by atoms with van der Waals surface area (Å²) >= 11 is 0. The molecule has 1 aliphatic rings. The number of esters is 1. The Morgan fingerprint density at radius 1 is 1.42 bits per heavy atom. The van der Waals surface area contributed by atoms with E-state index >= 15 is 0 Å². The minimum atomic E-state index is -0.857. The lowest BCUT2D eigenvalue weighted by molar-refractivity contribution is 0.0600. The maximum absolute atomic E-state index is 11.9. The van der Waals surface area contributed by atoms with Crippen molar-refractivity contribution in [2.45, 2.75) is 19.1 Å². The van der Waals surface area contributed by atoms with Crippen molar-refractivity contribution in [3.05, 3.63) is 53.2 Å². The lowest BCUT2D eigenvalue weighted by Gasteiger charge is -2.15. The number of aromatic nitrogens is 4. The molecule has 0 bridgehead atoms. The molecule has 0 fully saturated rings. The number of carbonyl (C=O) groups excluding carboxylic acids is 1. The first-order valence-electron chi connectivity index (χ1n) is 7.42. The van der Waals surface area contributed by atoms with E-state index in [9.17, 15) is 9.90 Å². The molecule has 0 aliphatic carbocycles. The lowest BCUT2D eigenvalue weighted by Crippen LogP contribution is -2.22. The van der Waals surface area contributed by atoms with Crippen molar-refractivity contribution in [1.29, 1.82) is 0 Å². The summed E-state index contributed by atoms with van der Waals surface area (Å²) < 4.78 is 6.41. The molecule has 0 saturated carbocycles. The number of nitrogens with zero attached hydrogens (tertiary/aromatic N) is 4. The first kappa shape index (κ1) is 14.6. The number of aliphatic hydroxyl groups excluding tert-OH is 1. The van der Waals surface area contributed by atoms with Crippen LogP contribution in [0, 0.1) is 6.92 Å². The number of aliphatic hydroxyl groups is 1. The van der Waals surface area contributed by atoms with E-state index < -0.39 is 18.1 Å². The van der Waals surface area contributed by atoms with Gasteiger partial charge < -0.3 is 15.2 Å². The number of ether oxygens (including phenoxy) is 1. The zero-order chi connectivity index (χ0) is 16.8. The second-order valence-electron chi connectivity index (χ2n) is 5.61. The van der Waals surface area contributed by atoms with Crippen molar-refractivity contribution < 1.29 is 14.6 Å². The van der Waals surface area contributed by atoms with E-state index in [4.69, 9.17) is 4.74 Å². The number of pyridine rings is 1. The van der Waals surface area contributed by atoms with Crippen molar-refractivity contribution in [2.75, 3.05) is 12.4 Å². The smallest absolute Gasteiger partial charge is 0.339 e. The maximum atomic E-state index is 11.9. The van der Waals surface area contributed by atoms with Gasteiger partial charge in [-0.1, -0.05) is 6.07 Å². The fraction of sp³-hybridized carbons (Fsp3) is 0.250. The summed E-state index contributed by atoms with van der Waals surface area (Å²) in [7, 11) is 1.34. The van der Waals surface area contributed by atoms with Crippen LogP contribution in [0.3, 0.4) is 0 Å². The van der Waals surface area contributed by atoms with Gasteiger partial charge in [0.2, 0.25) is 0 Å². The van der Waals surface area contributed by atoms with Crippen molar-refractivity contribution in [2.24, 2.45) is 0 Å². The molecule has 24 heavy (non-hydrogen) atoms. The molecular formula is C16H15N5O3. The third-order valence-corrected chi connectivity index (χ3v) is 4.33. The number of aryl methyl sites for hydroxylation is 1. The van der Waals surface area contributed by atoms with Gasteiger partial charge in [-0.05, 0) is 18.6 Å². The van der Waals surface area contributed by atoms with Crippen molar-refractivity contribution in [1.82, 2.24) is 19.6 Å². The summed E-state index contributed by atoms with van der Waals surface area (Å²) in [6.45, 7) is 1.81. The number of anilines is 1. The highest BCUT2D eigenvalue weighted by atomic mass is 16.5. The summed E-state index contributed by atoms with van der Waals surface area (Å²) in [6.07, 6.45) is 3.82. The van der Waals surface area contributed by atoms with E-state index in [1.54, 1.807) is 16.9 Å². The topological polar surface area (TPSA) is 102 Å². The third kappa shape index (κ3) is 1.96. The van der Waals surface area contributed by atoms with Gasteiger partial charge in [0.25, 0.3) is 0 Å². The van der Waals surface area contributed by atoms with Gasteiger partial charge in [0.05, 0.1) is 29.8 Å². The normalized spacial score (nSPS) is 19.1. The fourth-order valence-electron chi connectivity index (χ4n) is 3.21. The van der Waals surface area contributed by atoms with Gasteiger partial charge in [-0.15, -0.1) is 0 Å². The predicted octanol–water partition coefficient (Wildman–Crippen LogP) is 1.10. The Kier molecular flexibility index (Phi) is 3.20. The molecular weight excluding hydrogens is 310 g/mol. The van der Waals surface area contributed by atoms with E-state index in [2.05, 4.69) is 20.4 Å². The van der Waals surface area contributed by atoms with Crippen LogP contribution in [0.5, 0.6) is 0 Å². The number of fused-ring (bicyclic) bond motifs is 2. The second kappa shape index (κ2) is 5.27. The zero-order valence-electron chi connectivity index (χ0n) is 13.1. The van der Waals surface area contributed by atoms with Crippen LogP contribution in [-0.4, -0.2) is 44.0 Å². The molecule has 0 saturated heterocycles. The Morgan fingerprint density at radius 3 is 3.04 bits per heavy atom. The molecule has 8 nitrogen and oxygen atoms in total. The number of methoxy groups -OCH3 is 1. The minimum Gasteiger partial charge on any atom is -0.465 e. The average Bonchev–Trinajstić information content (AvgIpc) is 3.11. The number of rotatable bonds is 2. The average molecular weight is 325 g/mol. The minimum absolute atomic E-state index is 0.404. The number of carbonyl (C=O) groups is 1. The van der Waals surface area contributed by atoms with Crippen molar-refractivity contribution in [3.8, 4) is 0 Å². The summed E-state index contributed by atoms with van der Waals surface area (Å²) in [5, 5.41) is 17.6. The summed E-state index contributed by atoms with van der Waals surface area (Å²) in [6, 6.07) is 3.71. The van der Waals surface area contributed by atoms with Crippen LogP contribution in [0.1, 0.15) is 33.1 Å². The van der Waals surface area contributed by atoms with Gasteiger partial charge in [-0.25, -0.2) is 19.3 Å². The summed E-state index contributed by atoms with van der Waals surface area (Å²) in [5.41, 5.74) is 3.30. The van der Waals surface area contributed by atoms with Gasteiger partial charge in [-0.2, -0.15) is 5.10 Å². The molecule has 2 N–H and O–H groups in total. The first-order valence-corrected chi connectivity index (χ1v) is 7.42. The number of nitrogens with one attached hydrogen (secondary N) is 1. The van der Waals surface area contributed by atoms with Gasteiger partial charge >= 0.3 is 5.97 Å².